The zero-order valence-corrected chi connectivity index (χ0v) is 15.2. The molecule has 128 valence electrons. The Morgan fingerprint density at radius 2 is 1.88 bits per heavy atom. The fourth-order valence-corrected chi connectivity index (χ4v) is 5.13. The van der Waals surface area contributed by atoms with Crippen molar-refractivity contribution >= 4 is 10.9 Å². The van der Waals surface area contributed by atoms with E-state index in [0.717, 1.165) is 13.1 Å². The molecule has 2 atom stereocenters. The van der Waals surface area contributed by atoms with E-state index in [1.807, 2.05) is 0 Å². The molecule has 1 aromatic heterocycles. The predicted octanol–water partition coefficient (Wildman–Crippen LogP) is 5.40. The first-order valence-electron chi connectivity index (χ1n) is 9.66. The Morgan fingerprint density at radius 3 is 2.72 bits per heavy atom. The van der Waals surface area contributed by atoms with E-state index in [0.29, 0.717) is 12.1 Å². The van der Waals surface area contributed by atoms with Gasteiger partial charge in [0.05, 0.1) is 6.04 Å². The highest BCUT2D eigenvalue weighted by Crippen LogP contribution is 2.45. The molecule has 5 rings (SSSR count). The van der Waals surface area contributed by atoms with Crippen LogP contribution in [0.3, 0.4) is 0 Å². The van der Waals surface area contributed by atoms with Crippen molar-refractivity contribution < 1.29 is 0 Å². The van der Waals surface area contributed by atoms with Gasteiger partial charge in [-0.1, -0.05) is 42.0 Å². The van der Waals surface area contributed by atoms with Crippen LogP contribution in [0.5, 0.6) is 0 Å². The van der Waals surface area contributed by atoms with Crippen LogP contribution < -0.4 is 0 Å². The lowest BCUT2D eigenvalue weighted by Gasteiger charge is -2.43. The molecule has 2 aliphatic rings. The highest BCUT2D eigenvalue weighted by atomic mass is 15.3. The van der Waals surface area contributed by atoms with Gasteiger partial charge in [-0.25, -0.2) is 0 Å². The Morgan fingerprint density at radius 1 is 1.04 bits per heavy atom. The van der Waals surface area contributed by atoms with Gasteiger partial charge in [-0.15, -0.1) is 0 Å². The summed E-state index contributed by atoms with van der Waals surface area (Å²) in [6.45, 7) is 6.85. The van der Waals surface area contributed by atoms with E-state index in [1.54, 1.807) is 11.3 Å². The zero-order chi connectivity index (χ0) is 17.0. The maximum Gasteiger partial charge on any atom is 0.0510 e. The van der Waals surface area contributed by atoms with Crippen LogP contribution in [0.15, 0.2) is 48.5 Å². The molecule has 3 aromatic rings. The molecule has 1 unspecified atom stereocenters. The van der Waals surface area contributed by atoms with Gasteiger partial charge in [0.1, 0.15) is 0 Å². The van der Waals surface area contributed by atoms with Crippen LogP contribution in [-0.4, -0.2) is 16.0 Å². The van der Waals surface area contributed by atoms with Crippen molar-refractivity contribution in [2.24, 2.45) is 0 Å². The summed E-state index contributed by atoms with van der Waals surface area (Å²) in [4.78, 5) is 2.75. The number of aryl methyl sites for hydroxylation is 2. The number of nitrogens with zero attached hydrogens (tertiary/aromatic N) is 2. The van der Waals surface area contributed by atoms with Gasteiger partial charge in [-0.2, -0.15) is 0 Å². The monoisotopic (exact) mass is 330 g/mol. The average molecular weight is 330 g/mol. The van der Waals surface area contributed by atoms with Crippen LogP contribution in [0.25, 0.3) is 10.9 Å². The molecule has 1 aliphatic heterocycles. The lowest BCUT2D eigenvalue weighted by molar-refractivity contribution is 0.0973. The molecule has 0 radical (unpaired) electrons. The molecule has 0 bridgehead atoms. The topological polar surface area (TPSA) is 8.17 Å². The van der Waals surface area contributed by atoms with Gasteiger partial charge in [0, 0.05) is 35.7 Å². The molecule has 0 spiro atoms. The Kier molecular flexibility index (Phi) is 3.49. The molecule has 0 fully saturated rings. The number of rotatable bonds is 2. The molecule has 25 heavy (non-hydrogen) atoms. The van der Waals surface area contributed by atoms with Gasteiger partial charge < -0.3 is 4.57 Å². The number of hydrogen-bond acceptors (Lipinski definition) is 1. The lowest BCUT2D eigenvalue weighted by Crippen LogP contribution is -2.41. The fraction of sp³-hybridized carbons (Fsp3) is 0.391. The van der Waals surface area contributed by atoms with E-state index in [1.165, 1.54) is 41.3 Å². The van der Waals surface area contributed by atoms with Gasteiger partial charge in [0.25, 0.3) is 0 Å². The minimum absolute atomic E-state index is 0.477. The molecule has 2 aromatic carbocycles. The number of hydrogen-bond donors (Lipinski definition) is 0. The van der Waals surface area contributed by atoms with E-state index in [9.17, 15) is 0 Å². The lowest BCUT2D eigenvalue weighted by atomic mass is 9.88. The van der Waals surface area contributed by atoms with Crippen LogP contribution in [0, 0.1) is 6.92 Å². The molecule has 1 aliphatic carbocycles. The van der Waals surface area contributed by atoms with Crippen LogP contribution in [0.4, 0.5) is 0 Å². The smallest absolute Gasteiger partial charge is 0.0510 e. The molecule has 2 heterocycles. The Hall–Kier alpha value is -2.06. The Bertz CT molecular complexity index is 922. The van der Waals surface area contributed by atoms with Crippen molar-refractivity contribution in [2.45, 2.75) is 51.7 Å². The number of fused-ring (bicyclic) bond motifs is 3. The van der Waals surface area contributed by atoms with Crippen molar-refractivity contribution in [3.8, 4) is 0 Å². The van der Waals surface area contributed by atoms with Crippen LogP contribution in [0.2, 0.25) is 0 Å². The zero-order valence-electron chi connectivity index (χ0n) is 15.2. The maximum absolute atomic E-state index is 2.75. The largest absolute Gasteiger partial charge is 0.342 e. The summed E-state index contributed by atoms with van der Waals surface area (Å²) in [6.07, 6.45) is 3.84. The summed E-state index contributed by atoms with van der Waals surface area (Å²) < 4.78 is 2.63. The van der Waals surface area contributed by atoms with Crippen molar-refractivity contribution in [1.82, 2.24) is 9.47 Å². The van der Waals surface area contributed by atoms with Crippen LogP contribution in [0.1, 0.15) is 54.2 Å². The molecular weight excluding hydrogens is 304 g/mol. The maximum atomic E-state index is 2.75. The second kappa shape index (κ2) is 5.74. The van der Waals surface area contributed by atoms with Crippen LogP contribution >= 0.6 is 0 Å². The first-order chi connectivity index (χ1) is 12.2. The highest BCUT2D eigenvalue weighted by Gasteiger charge is 2.36. The quantitative estimate of drug-likeness (QED) is 0.610. The van der Waals surface area contributed by atoms with Gasteiger partial charge in [-0.05, 0) is 56.4 Å². The highest BCUT2D eigenvalue weighted by molar-refractivity contribution is 5.87. The first-order valence-corrected chi connectivity index (χ1v) is 9.66. The normalized spacial score (nSPS) is 21.3. The second-order valence-corrected chi connectivity index (χ2v) is 7.77. The SMILES string of the molecule is Cc1ccc2c(c1)c1c3n2CCN([C@H](C)c2ccccc2)C3CCC1. The van der Waals surface area contributed by atoms with Gasteiger partial charge in [0.15, 0.2) is 0 Å². The summed E-state index contributed by atoms with van der Waals surface area (Å²) in [5.74, 6) is 0. The first kappa shape index (κ1) is 15.2. The molecular formula is C23H26N2. The number of benzene rings is 2. The fourth-order valence-electron chi connectivity index (χ4n) is 5.13. The second-order valence-electron chi connectivity index (χ2n) is 7.77. The van der Waals surface area contributed by atoms with Crippen molar-refractivity contribution in [2.75, 3.05) is 6.54 Å². The molecule has 0 amide bonds. The van der Waals surface area contributed by atoms with E-state index in [4.69, 9.17) is 0 Å². The minimum atomic E-state index is 0.477. The summed E-state index contributed by atoms with van der Waals surface area (Å²) >= 11 is 0. The minimum Gasteiger partial charge on any atom is -0.342 e. The van der Waals surface area contributed by atoms with Crippen LogP contribution in [-0.2, 0) is 13.0 Å². The van der Waals surface area contributed by atoms with E-state index >= 15 is 0 Å². The molecule has 2 nitrogen and oxygen atoms in total. The summed E-state index contributed by atoms with van der Waals surface area (Å²) in [7, 11) is 0. The van der Waals surface area contributed by atoms with Gasteiger partial charge in [0.2, 0.25) is 0 Å². The molecule has 0 saturated carbocycles. The third-order valence-electron chi connectivity index (χ3n) is 6.35. The van der Waals surface area contributed by atoms with E-state index in [2.05, 4.69) is 71.8 Å². The molecule has 2 heteroatoms. The van der Waals surface area contributed by atoms with E-state index < -0.39 is 0 Å². The summed E-state index contributed by atoms with van der Waals surface area (Å²) in [5, 5.41) is 1.51. The van der Waals surface area contributed by atoms with Crippen molar-refractivity contribution in [3.05, 3.63) is 70.9 Å². The third-order valence-corrected chi connectivity index (χ3v) is 6.35. The van der Waals surface area contributed by atoms with Gasteiger partial charge in [-0.3, -0.25) is 4.90 Å². The molecule has 0 N–H and O–H groups in total. The predicted molar refractivity (Wildman–Crippen MR) is 104 cm³/mol. The Labute approximate surface area is 150 Å². The summed E-state index contributed by atoms with van der Waals surface area (Å²) in [6, 6.07) is 19.1. The number of aromatic nitrogens is 1. The van der Waals surface area contributed by atoms with Crippen molar-refractivity contribution in [3.63, 3.8) is 0 Å². The Balaban J connectivity index is 1.63. The van der Waals surface area contributed by atoms with Gasteiger partial charge >= 0.3 is 0 Å². The standard InChI is InChI=1S/C23H26N2/c1-16-11-12-21-20(15-16)19-9-6-10-22-23(19)25(21)14-13-24(22)17(2)18-7-4-3-5-8-18/h3-5,7-8,11-12,15,17,22H,6,9-10,13-14H2,1-2H3/t17-,22?/m1/s1. The van der Waals surface area contributed by atoms with Crippen molar-refractivity contribution in [1.29, 1.82) is 0 Å². The average Bonchev–Trinajstić information content (AvgIpc) is 2.97. The van der Waals surface area contributed by atoms with E-state index in [-0.39, 0.29) is 0 Å². The summed E-state index contributed by atoms with van der Waals surface area (Å²) in [5.41, 5.74) is 7.51. The third kappa shape index (κ3) is 2.27. The molecule has 0 saturated heterocycles.